The Morgan fingerprint density at radius 3 is 2.89 bits per heavy atom. The van der Waals surface area contributed by atoms with Crippen molar-refractivity contribution in [3.8, 4) is 10.8 Å². The maximum absolute atomic E-state index is 12.5. The number of carbonyl (C=O) groups is 2. The summed E-state index contributed by atoms with van der Waals surface area (Å²) in [6, 6.07) is 13.9. The van der Waals surface area contributed by atoms with Crippen molar-refractivity contribution in [2.24, 2.45) is 5.92 Å². The van der Waals surface area contributed by atoms with Crippen molar-refractivity contribution in [3.05, 3.63) is 65.4 Å². The van der Waals surface area contributed by atoms with Gasteiger partial charge in [-0.15, -0.1) is 11.3 Å². The number of carbonyl (C=O) groups excluding carboxylic acids is 2. The van der Waals surface area contributed by atoms with Crippen LogP contribution in [-0.4, -0.2) is 34.8 Å². The third kappa shape index (κ3) is 4.31. The molecule has 1 saturated heterocycles. The number of hydrogen-bond donors (Lipinski definition) is 1. The second-order valence-corrected chi connectivity index (χ2v) is 7.76. The Kier molecular flexibility index (Phi) is 5.53. The van der Waals surface area contributed by atoms with Crippen LogP contribution in [0, 0.1) is 5.92 Å². The zero-order chi connectivity index (χ0) is 19.3. The van der Waals surface area contributed by atoms with Crippen LogP contribution < -0.4 is 5.32 Å². The fourth-order valence-electron chi connectivity index (χ4n) is 3.30. The lowest BCUT2D eigenvalue weighted by Crippen LogP contribution is -2.33. The molecule has 2 amide bonds. The molecule has 6 nitrogen and oxygen atoms in total. The Labute approximate surface area is 167 Å². The quantitative estimate of drug-likeness (QED) is 0.667. The lowest BCUT2D eigenvalue weighted by atomic mass is 10.1. The second-order valence-electron chi connectivity index (χ2n) is 6.82. The number of hydrogen-bond acceptors (Lipinski definition) is 5. The SMILES string of the molecule is O=C(NCc1coc(-c2cccs2)n1)C1CC(=O)N(CCc2ccccc2)C1. The van der Waals surface area contributed by atoms with Crippen LogP contribution in [0.15, 0.2) is 58.5 Å². The summed E-state index contributed by atoms with van der Waals surface area (Å²) >= 11 is 1.55. The van der Waals surface area contributed by atoms with Gasteiger partial charge in [0.1, 0.15) is 6.26 Å². The van der Waals surface area contributed by atoms with E-state index in [0.717, 1.165) is 11.3 Å². The van der Waals surface area contributed by atoms with Crippen molar-refractivity contribution >= 4 is 23.2 Å². The molecule has 0 bridgehead atoms. The third-order valence-electron chi connectivity index (χ3n) is 4.83. The monoisotopic (exact) mass is 395 g/mol. The maximum atomic E-state index is 12.5. The van der Waals surface area contributed by atoms with Crippen LogP contribution in [0.2, 0.25) is 0 Å². The van der Waals surface area contributed by atoms with Crippen LogP contribution in [0.5, 0.6) is 0 Å². The van der Waals surface area contributed by atoms with E-state index >= 15 is 0 Å². The van der Waals surface area contributed by atoms with Gasteiger partial charge in [-0.25, -0.2) is 4.98 Å². The Morgan fingerprint density at radius 2 is 2.11 bits per heavy atom. The molecule has 0 aliphatic carbocycles. The van der Waals surface area contributed by atoms with Gasteiger partial charge < -0.3 is 14.6 Å². The zero-order valence-corrected chi connectivity index (χ0v) is 16.2. The molecular weight excluding hydrogens is 374 g/mol. The van der Waals surface area contributed by atoms with E-state index in [9.17, 15) is 9.59 Å². The largest absolute Gasteiger partial charge is 0.443 e. The summed E-state index contributed by atoms with van der Waals surface area (Å²) in [6.45, 7) is 1.40. The molecule has 28 heavy (non-hydrogen) atoms. The van der Waals surface area contributed by atoms with Gasteiger partial charge in [-0.2, -0.15) is 0 Å². The van der Waals surface area contributed by atoms with E-state index in [0.29, 0.717) is 31.2 Å². The fourth-order valence-corrected chi connectivity index (χ4v) is 3.95. The molecule has 0 spiro atoms. The molecule has 0 radical (unpaired) electrons. The number of aromatic nitrogens is 1. The first-order chi connectivity index (χ1) is 13.7. The number of nitrogens with zero attached hydrogens (tertiary/aromatic N) is 2. The second kappa shape index (κ2) is 8.39. The summed E-state index contributed by atoms with van der Waals surface area (Å²) in [6.07, 6.45) is 2.62. The number of benzene rings is 1. The summed E-state index contributed by atoms with van der Waals surface area (Å²) in [5.74, 6) is 0.169. The lowest BCUT2D eigenvalue weighted by Gasteiger charge is -2.16. The van der Waals surface area contributed by atoms with Crippen LogP contribution in [0.1, 0.15) is 17.7 Å². The fraction of sp³-hybridized carbons (Fsp3) is 0.286. The Bertz CT molecular complexity index is 937. The summed E-state index contributed by atoms with van der Waals surface area (Å²) in [7, 11) is 0. The average Bonchev–Trinajstić information content (AvgIpc) is 3.46. The normalized spacial score (nSPS) is 16.5. The Balaban J connectivity index is 1.26. The van der Waals surface area contributed by atoms with E-state index in [1.807, 2.05) is 47.8 Å². The highest BCUT2D eigenvalue weighted by Crippen LogP contribution is 2.24. The lowest BCUT2D eigenvalue weighted by molar-refractivity contribution is -0.129. The van der Waals surface area contributed by atoms with E-state index in [1.54, 1.807) is 22.5 Å². The molecule has 1 aliphatic rings. The summed E-state index contributed by atoms with van der Waals surface area (Å²) < 4.78 is 5.46. The van der Waals surface area contributed by atoms with Crippen molar-refractivity contribution in [2.75, 3.05) is 13.1 Å². The first kappa shape index (κ1) is 18.4. The van der Waals surface area contributed by atoms with Gasteiger partial charge in [0.2, 0.25) is 17.7 Å². The minimum absolute atomic E-state index is 0.0394. The summed E-state index contributed by atoms with van der Waals surface area (Å²) in [4.78, 5) is 31.8. The first-order valence-corrected chi connectivity index (χ1v) is 10.1. The molecule has 144 valence electrons. The molecule has 7 heteroatoms. The molecule has 1 fully saturated rings. The van der Waals surface area contributed by atoms with E-state index in [4.69, 9.17) is 4.42 Å². The number of likely N-dealkylation sites (tertiary alicyclic amines) is 1. The molecule has 1 aromatic carbocycles. The minimum atomic E-state index is -0.313. The molecule has 1 atom stereocenters. The van der Waals surface area contributed by atoms with Gasteiger partial charge in [0.05, 0.1) is 23.0 Å². The topological polar surface area (TPSA) is 75.4 Å². The number of nitrogens with one attached hydrogen (secondary N) is 1. The molecule has 4 rings (SSSR count). The third-order valence-corrected chi connectivity index (χ3v) is 5.68. The van der Waals surface area contributed by atoms with Gasteiger partial charge in [-0.3, -0.25) is 9.59 Å². The van der Waals surface area contributed by atoms with Gasteiger partial charge in [-0.05, 0) is 23.4 Å². The molecule has 1 aliphatic heterocycles. The van der Waals surface area contributed by atoms with Gasteiger partial charge in [0.25, 0.3) is 0 Å². The van der Waals surface area contributed by atoms with E-state index in [-0.39, 0.29) is 24.2 Å². The van der Waals surface area contributed by atoms with Crippen LogP contribution in [0.4, 0.5) is 0 Å². The maximum Gasteiger partial charge on any atom is 0.236 e. The summed E-state index contributed by atoms with van der Waals surface area (Å²) in [5.41, 5.74) is 1.86. The first-order valence-electron chi connectivity index (χ1n) is 9.27. The van der Waals surface area contributed by atoms with Crippen LogP contribution in [0.25, 0.3) is 10.8 Å². The molecule has 1 N–H and O–H groups in total. The highest BCUT2D eigenvalue weighted by molar-refractivity contribution is 7.13. The Hall–Kier alpha value is -2.93. The Morgan fingerprint density at radius 1 is 1.25 bits per heavy atom. The highest BCUT2D eigenvalue weighted by Gasteiger charge is 2.33. The van der Waals surface area contributed by atoms with E-state index in [1.165, 1.54) is 5.56 Å². The smallest absolute Gasteiger partial charge is 0.236 e. The van der Waals surface area contributed by atoms with Gasteiger partial charge in [0, 0.05) is 19.5 Å². The number of amides is 2. The van der Waals surface area contributed by atoms with Crippen molar-refractivity contribution in [1.82, 2.24) is 15.2 Å². The molecule has 0 saturated carbocycles. The predicted molar refractivity (Wildman–Crippen MR) is 106 cm³/mol. The van der Waals surface area contributed by atoms with Crippen LogP contribution in [0.3, 0.4) is 0 Å². The van der Waals surface area contributed by atoms with Crippen molar-refractivity contribution in [1.29, 1.82) is 0 Å². The average molecular weight is 395 g/mol. The van der Waals surface area contributed by atoms with E-state index < -0.39 is 0 Å². The van der Waals surface area contributed by atoms with Crippen molar-refractivity contribution in [3.63, 3.8) is 0 Å². The van der Waals surface area contributed by atoms with Crippen molar-refractivity contribution < 1.29 is 14.0 Å². The van der Waals surface area contributed by atoms with Gasteiger partial charge in [0.15, 0.2) is 0 Å². The van der Waals surface area contributed by atoms with Gasteiger partial charge in [-0.1, -0.05) is 36.4 Å². The van der Waals surface area contributed by atoms with Gasteiger partial charge >= 0.3 is 0 Å². The molecule has 2 aromatic heterocycles. The number of thiophene rings is 1. The molecule has 3 heterocycles. The highest BCUT2D eigenvalue weighted by atomic mass is 32.1. The van der Waals surface area contributed by atoms with Crippen LogP contribution >= 0.6 is 11.3 Å². The number of oxazole rings is 1. The minimum Gasteiger partial charge on any atom is -0.443 e. The standard InChI is InChI=1S/C21H21N3O3S/c25-19-11-16(13-24(19)9-8-15-5-2-1-3-6-15)20(26)22-12-17-14-27-21(23-17)18-7-4-10-28-18/h1-7,10,14,16H,8-9,11-13H2,(H,22,26). The number of rotatable bonds is 7. The zero-order valence-electron chi connectivity index (χ0n) is 15.3. The predicted octanol–water partition coefficient (Wildman–Crippen LogP) is 3.11. The van der Waals surface area contributed by atoms with E-state index in [2.05, 4.69) is 10.3 Å². The molecule has 3 aromatic rings. The van der Waals surface area contributed by atoms with Crippen molar-refractivity contribution in [2.45, 2.75) is 19.4 Å². The molecule has 1 unspecified atom stereocenters. The molecular formula is C21H21N3O3S. The van der Waals surface area contributed by atoms with Crippen LogP contribution in [-0.2, 0) is 22.6 Å². The summed E-state index contributed by atoms with van der Waals surface area (Å²) in [5, 5.41) is 4.84.